The number of halogens is 1. The molecule has 1 saturated heterocycles. The van der Waals surface area contributed by atoms with Crippen molar-refractivity contribution >= 4 is 23.3 Å². The summed E-state index contributed by atoms with van der Waals surface area (Å²) < 4.78 is 1.75. The molecule has 1 aliphatic rings. The summed E-state index contributed by atoms with van der Waals surface area (Å²) in [6.07, 6.45) is 1.72. The van der Waals surface area contributed by atoms with E-state index < -0.39 is 0 Å². The average Bonchev–Trinajstić information content (AvgIpc) is 2.88. The van der Waals surface area contributed by atoms with Crippen LogP contribution in [0.4, 0.5) is 5.82 Å². The number of anilines is 1. The lowest BCUT2D eigenvalue weighted by atomic mass is 9.92. The number of aromatic nitrogens is 2. The van der Waals surface area contributed by atoms with Crippen LogP contribution in [0.25, 0.3) is 5.69 Å². The first-order valence-electron chi connectivity index (χ1n) is 7.90. The Morgan fingerprint density at radius 2 is 2.22 bits per heavy atom. The van der Waals surface area contributed by atoms with Gasteiger partial charge in [0.15, 0.2) is 5.82 Å². The minimum atomic E-state index is 0.0389. The van der Waals surface area contributed by atoms with Gasteiger partial charge >= 0.3 is 0 Å². The summed E-state index contributed by atoms with van der Waals surface area (Å²) >= 11 is 6.23. The lowest BCUT2D eigenvalue weighted by molar-refractivity contribution is -0.120. The zero-order valence-electron chi connectivity index (χ0n) is 13.3. The number of benzene rings is 1. The Labute approximate surface area is 141 Å². The van der Waals surface area contributed by atoms with Crippen LogP contribution >= 0.6 is 11.6 Å². The molecule has 23 heavy (non-hydrogen) atoms. The van der Waals surface area contributed by atoms with Gasteiger partial charge in [-0.2, -0.15) is 0 Å². The molecule has 122 valence electrons. The van der Waals surface area contributed by atoms with E-state index in [1.165, 1.54) is 0 Å². The zero-order chi connectivity index (χ0) is 16.4. The second-order valence-corrected chi connectivity index (χ2v) is 6.51. The van der Waals surface area contributed by atoms with E-state index in [1.807, 2.05) is 37.3 Å². The van der Waals surface area contributed by atoms with Crippen molar-refractivity contribution in [2.24, 2.45) is 5.92 Å². The van der Waals surface area contributed by atoms with Crippen LogP contribution in [0.5, 0.6) is 0 Å². The Hall–Kier alpha value is -1.85. The van der Waals surface area contributed by atoms with Crippen LogP contribution in [0.3, 0.4) is 0 Å². The lowest BCUT2D eigenvalue weighted by Crippen LogP contribution is -2.40. The van der Waals surface area contributed by atoms with Gasteiger partial charge in [-0.05, 0) is 45.4 Å². The normalized spacial score (nSPS) is 21.2. The average molecular weight is 333 g/mol. The predicted molar refractivity (Wildman–Crippen MR) is 92.1 cm³/mol. The molecular weight excluding hydrogens is 312 g/mol. The molecule has 1 aromatic heterocycles. The van der Waals surface area contributed by atoms with Crippen LogP contribution in [0.1, 0.15) is 25.5 Å². The van der Waals surface area contributed by atoms with Crippen molar-refractivity contribution in [2.75, 3.05) is 11.9 Å². The monoisotopic (exact) mass is 332 g/mol. The first-order valence-corrected chi connectivity index (χ1v) is 8.28. The molecule has 2 heterocycles. The number of aryl methyl sites for hydroxylation is 1. The molecule has 2 atom stereocenters. The summed E-state index contributed by atoms with van der Waals surface area (Å²) in [5.74, 6) is 0.651. The number of hydrogen-bond donors (Lipinski definition) is 2. The van der Waals surface area contributed by atoms with Crippen molar-refractivity contribution in [2.45, 2.75) is 32.7 Å². The molecule has 0 spiro atoms. The van der Waals surface area contributed by atoms with Crippen LogP contribution < -0.4 is 10.6 Å². The van der Waals surface area contributed by atoms with Gasteiger partial charge in [0.2, 0.25) is 5.91 Å². The van der Waals surface area contributed by atoms with E-state index in [0.29, 0.717) is 16.9 Å². The number of amides is 1. The molecule has 6 heteroatoms. The van der Waals surface area contributed by atoms with E-state index in [0.717, 1.165) is 30.8 Å². The third-order valence-corrected chi connectivity index (χ3v) is 4.53. The number of piperidine rings is 1. The van der Waals surface area contributed by atoms with E-state index >= 15 is 0 Å². The summed E-state index contributed by atoms with van der Waals surface area (Å²) in [5.41, 5.74) is 1.73. The van der Waals surface area contributed by atoms with Crippen LogP contribution in [-0.2, 0) is 4.79 Å². The summed E-state index contributed by atoms with van der Waals surface area (Å²) in [5, 5.41) is 11.4. The number of carbonyl (C=O) groups excluding carboxylic acids is 1. The fourth-order valence-electron chi connectivity index (χ4n) is 3.00. The third kappa shape index (κ3) is 3.57. The van der Waals surface area contributed by atoms with E-state index in [1.54, 1.807) is 4.68 Å². The highest BCUT2D eigenvalue weighted by atomic mass is 35.5. The molecule has 0 aliphatic carbocycles. The molecule has 2 N–H and O–H groups in total. The molecule has 2 aromatic rings. The van der Waals surface area contributed by atoms with Crippen LogP contribution in [0.15, 0.2) is 30.3 Å². The number of para-hydroxylation sites is 1. The smallest absolute Gasteiger partial charge is 0.228 e. The number of nitrogens with one attached hydrogen (secondary N) is 2. The Morgan fingerprint density at radius 1 is 1.43 bits per heavy atom. The second-order valence-electron chi connectivity index (χ2n) is 6.10. The molecule has 3 rings (SSSR count). The van der Waals surface area contributed by atoms with Crippen molar-refractivity contribution in [3.63, 3.8) is 0 Å². The van der Waals surface area contributed by atoms with Gasteiger partial charge in [-0.1, -0.05) is 23.7 Å². The Bertz CT molecular complexity index is 712. The topological polar surface area (TPSA) is 59.0 Å². The SMILES string of the molecule is Cc1cc(NC(=O)[C@H]2CCN[C@@H](C)C2)nn1-c1ccccc1Cl. The number of carbonyl (C=O) groups is 1. The Morgan fingerprint density at radius 3 is 2.96 bits per heavy atom. The molecule has 0 unspecified atom stereocenters. The minimum absolute atomic E-state index is 0.0389. The highest BCUT2D eigenvalue weighted by Gasteiger charge is 2.25. The first-order chi connectivity index (χ1) is 11.0. The minimum Gasteiger partial charge on any atom is -0.314 e. The molecule has 5 nitrogen and oxygen atoms in total. The highest BCUT2D eigenvalue weighted by molar-refractivity contribution is 6.32. The van der Waals surface area contributed by atoms with Crippen molar-refractivity contribution in [1.82, 2.24) is 15.1 Å². The molecule has 1 aromatic carbocycles. The summed E-state index contributed by atoms with van der Waals surface area (Å²) in [6.45, 7) is 4.93. The highest BCUT2D eigenvalue weighted by Crippen LogP contribution is 2.23. The third-order valence-electron chi connectivity index (χ3n) is 4.21. The molecule has 0 bridgehead atoms. The lowest BCUT2D eigenvalue weighted by Gasteiger charge is -2.26. The van der Waals surface area contributed by atoms with Crippen LogP contribution in [0, 0.1) is 12.8 Å². The summed E-state index contributed by atoms with van der Waals surface area (Å²) in [4.78, 5) is 12.4. The van der Waals surface area contributed by atoms with Gasteiger partial charge in [-0.3, -0.25) is 4.79 Å². The Balaban J connectivity index is 1.76. The molecule has 1 amide bonds. The van der Waals surface area contributed by atoms with Gasteiger partial charge in [0, 0.05) is 23.7 Å². The standard InChI is InChI=1S/C17H21ClN4O/c1-11-9-13(7-8-19-11)17(23)20-16-10-12(2)22(21-16)15-6-4-3-5-14(15)18/h3-6,10-11,13,19H,7-9H2,1-2H3,(H,20,21,23)/t11-,13-/m0/s1. The van der Waals surface area contributed by atoms with Crippen LogP contribution in [0.2, 0.25) is 5.02 Å². The molecule has 0 radical (unpaired) electrons. The quantitative estimate of drug-likeness (QED) is 0.907. The van der Waals surface area contributed by atoms with Gasteiger partial charge in [0.05, 0.1) is 10.7 Å². The first kappa shape index (κ1) is 16.0. The van der Waals surface area contributed by atoms with E-state index in [9.17, 15) is 4.79 Å². The van der Waals surface area contributed by atoms with Gasteiger partial charge in [-0.15, -0.1) is 5.10 Å². The molecule has 1 aliphatic heterocycles. The maximum Gasteiger partial charge on any atom is 0.228 e. The van der Waals surface area contributed by atoms with Crippen molar-refractivity contribution in [3.05, 3.63) is 41.0 Å². The number of hydrogen-bond acceptors (Lipinski definition) is 3. The maximum absolute atomic E-state index is 12.4. The van der Waals surface area contributed by atoms with Crippen molar-refractivity contribution in [1.29, 1.82) is 0 Å². The fourth-order valence-corrected chi connectivity index (χ4v) is 3.22. The molecule has 0 saturated carbocycles. The van der Waals surface area contributed by atoms with Crippen molar-refractivity contribution < 1.29 is 4.79 Å². The van der Waals surface area contributed by atoms with E-state index in [-0.39, 0.29) is 11.8 Å². The summed E-state index contributed by atoms with van der Waals surface area (Å²) in [6, 6.07) is 9.77. The zero-order valence-corrected chi connectivity index (χ0v) is 14.1. The Kier molecular flexibility index (Phi) is 4.68. The summed E-state index contributed by atoms with van der Waals surface area (Å²) in [7, 11) is 0. The van der Waals surface area contributed by atoms with Crippen molar-refractivity contribution in [3.8, 4) is 5.69 Å². The van der Waals surface area contributed by atoms with Gasteiger partial charge in [-0.25, -0.2) is 4.68 Å². The largest absolute Gasteiger partial charge is 0.314 e. The van der Waals surface area contributed by atoms with E-state index in [2.05, 4.69) is 22.7 Å². The fraction of sp³-hybridized carbons (Fsp3) is 0.412. The van der Waals surface area contributed by atoms with E-state index in [4.69, 9.17) is 11.6 Å². The second kappa shape index (κ2) is 6.72. The van der Waals surface area contributed by atoms with Gasteiger partial charge in [0.25, 0.3) is 0 Å². The number of rotatable bonds is 3. The predicted octanol–water partition coefficient (Wildman–Crippen LogP) is 3.16. The molecular formula is C17H21ClN4O. The number of nitrogens with zero attached hydrogens (tertiary/aromatic N) is 2. The van der Waals surface area contributed by atoms with Gasteiger partial charge in [0.1, 0.15) is 0 Å². The molecule has 1 fully saturated rings. The van der Waals surface area contributed by atoms with Crippen LogP contribution in [-0.4, -0.2) is 28.3 Å². The van der Waals surface area contributed by atoms with Gasteiger partial charge < -0.3 is 10.6 Å². The maximum atomic E-state index is 12.4.